The Morgan fingerprint density at radius 3 is 2.32 bits per heavy atom. The SMILES string of the molecule is COc1ccc2cc(CN(C)C(=O)c3ccc(-c4ccc(C(C)=O)cc4)o3)ccc2c1. The molecule has 0 radical (unpaired) electrons. The van der Waals surface area contributed by atoms with Crippen LogP contribution >= 0.6 is 0 Å². The minimum absolute atomic E-state index is 0.0105. The van der Waals surface area contributed by atoms with Gasteiger partial charge in [0.2, 0.25) is 0 Å². The minimum atomic E-state index is -0.193. The second kappa shape index (κ2) is 8.48. The first-order valence-electron chi connectivity index (χ1n) is 9.98. The zero-order chi connectivity index (χ0) is 22.0. The lowest BCUT2D eigenvalue weighted by Crippen LogP contribution is -2.25. The van der Waals surface area contributed by atoms with Crippen molar-refractivity contribution in [2.24, 2.45) is 0 Å². The lowest BCUT2D eigenvalue weighted by molar-refractivity contribution is 0.0754. The molecule has 0 saturated carbocycles. The van der Waals surface area contributed by atoms with Crippen LogP contribution in [0.5, 0.6) is 5.75 Å². The summed E-state index contributed by atoms with van der Waals surface area (Å²) in [6.07, 6.45) is 0. The van der Waals surface area contributed by atoms with Gasteiger partial charge in [0.15, 0.2) is 11.5 Å². The number of amides is 1. The number of hydrogen-bond acceptors (Lipinski definition) is 4. The van der Waals surface area contributed by atoms with Crippen LogP contribution in [0.1, 0.15) is 33.4 Å². The number of carbonyl (C=O) groups excluding carboxylic acids is 2. The van der Waals surface area contributed by atoms with Crippen LogP contribution in [0.2, 0.25) is 0 Å². The third-order valence-corrected chi connectivity index (χ3v) is 5.27. The van der Waals surface area contributed by atoms with Gasteiger partial charge in [-0.1, -0.05) is 42.5 Å². The van der Waals surface area contributed by atoms with Crippen molar-refractivity contribution in [2.45, 2.75) is 13.5 Å². The molecular weight excluding hydrogens is 390 g/mol. The van der Waals surface area contributed by atoms with Crippen LogP contribution in [0.25, 0.3) is 22.1 Å². The van der Waals surface area contributed by atoms with Gasteiger partial charge in [0.1, 0.15) is 11.5 Å². The molecule has 0 saturated heterocycles. The number of hydrogen-bond donors (Lipinski definition) is 0. The van der Waals surface area contributed by atoms with Gasteiger partial charge in [-0.15, -0.1) is 0 Å². The first kappa shape index (κ1) is 20.4. The molecule has 1 heterocycles. The third-order valence-electron chi connectivity index (χ3n) is 5.27. The molecule has 4 aromatic rings. The molecular formula is C26H23NO4. The summed E-state index contributed by atoms with van der Waals surface area (Å²) >= 11 is 0. The monoisotopic (exact) mass is 413 g/mol. The predicted octanol–water partition coefficient (Wildman–Crippen LogP) is 5.58. The highest BCUT2D eigenvalue weighted by Crippen LogP contribution is 2.25. The van der Waals surface area contributed by atoms with E-state index >= 15 is 0 Å². The van der Waals surface area contributed by atoms with Gasteiger partial charge < -0.3 is 14.1 Å². The van der Waals surface area contributed by atoms with Crippen LogP contribution in [0.15, 0.2) is 77.2 Å². The number of fused-ring (bicyclic) bond motifs is 1. The highest BCUT2D eigenvalue weighted by molar-refractivity contribution is 5.94. The maximum absolute atomic E-state index is 12.9. The standard InChI is InChI=1S/C26H23NO4/c1-17(28)19-6-8-20(9-7-19)24-12-13-25(31-24)26(29)27(2)16-18-4-5-22-15-23(30-3)11-10-21(22)14-18/h4-15H,16H2,1-3H3. The highest BCUT2D eigenvalue weighted by atomic mass is 16.5. The first-order valence-corrected chi connectivity index (χ1v) is 9.98. The van der Waals surface area contributed by atoms with Gasteiger partial charge >= 0.3 is 0 Å². The Morgan fingerprint density at radius 1 is 0.903 bits per heavy atom. The first-order chi connectivity index (χ1) is 14.9. The summed E-state index contributed by atoms with van der Waals surface area (Å²) < 4.78 is 11.1. The number of Topliss-reactive ketones (excluding diaryl/α,β-unsaturated/α-hetero) is 1. The third kappa shape index (κ3) is 4.36. The van der Waals surface area contributed by atoms with E-state index in [9.17, 15) is 9.59 Å². The number of methoxy groups -OCH3 is 1. The molecule has 0 aliphatic heterocycles. The normalized spacial score (nSPS) is 10.8. The summed E-state index contributed by atoms with van der Waals surface area (Å²) in [5, 5.41) is 2.18. The molecule has 1 aromatic heterocycles. The molecule has 0 unspecified atom stereocenters. The van der Waals surface area contributed by atoms with Crippen molar-refractivity contribution in [3.8, 4) is 17.1 Å². The number of furan rings is 1. The minimum Gasteiger partial charge on any atom is -0.497 e. The quantitative estimate of drug-likeness (QED) is 0.387. The number of benzene rings is 3. The van der Waals surface area contributed by atoms with E-state index in [1.54, 1.807) is 43.3 Å². The van der Waals surface area contributed by atoms with Crippen LogP contribution in [0, 0.1) is 0 Å². The number of ketones is 1. The number of nitrogens with zero attached hydrogens (tertiary/aromatic N) is 1. The average molecular weight is 413 g/mol. The van der Waals surface area contributed by atoms with Gasteiger partial charge in [0, 0.05) is 24.7 Å². The van der Waals surface area contributed by atoms with Gasteiger partial charge in [-0.2, -0.15) is 0 Å². The highest BCUT2D eigenvalue weighted by Gasteiger charge is 2.17. The van der Waals surface area contributed by atoms with Crippen LogP contribution in [-0.2, 0) is 6.54 Å². The smallest absolute Gasteiger partial charge is 0.289 e. The fourth-order valence-corrected chi connectivity index (χ4v) is 3.51. The maximum atomic E-state index is 12.9. The van der Waals surface area contributed by atoms with Crippen LogP contribution < -0.4 is 4.74 Å². The predicted molar refractivity (Wildman–Crippen MR) is 120 cm³/mol. The van der Waals surface area contributed by atoms with E-state index in [-0.39, 0.29) is 17.5 Å². The van der Waals surface area contributed by atoms with Crippen LogP contribution in [0.4, 0.5) is 0 Å². The Hall–Kier alpha value is -3.86. The maximum Gasteiger partial charge on any atom is 0.289 e. The van der Waals surface area contributed by atoms with E-state index in [0.29, 0.717) is 17.9 Å². The summed E-state index contributed by atoms with van der Waals surface area (Å²) in [5.41, 5.74) is 2.48. The Kier molecular flexibility index (Phi) is 5.58. The topological polar surface area (TPSA) is 59.8 Å². The van der Waals surface area contributed by atoms with Gasteiger partial charge in [-0.05, 0) is 53.6 Å². The zero-order valence-corrected chi connectivity index (χ0v) is 17.7. The van der Waals surface area contributed by atoms with Gasteiger partial charge in [-0.25, -0.2) is 0 Å². The molecule has 0 aliphatic rings. The van der Waals surface area contributed by atoms with Crippen molar-refractivity contribution in [3.63, 3.8) is 0 Å². The van der Waals surface area contributed by atoms with Crippen molar-refractivity contribution in [2.75, 3.05) is 14.2 Å². The number of rotatable bonds is 6. The van der Waals surface area contributed by atoms with Crippen molar-refractivity contribution < 1.29 is 18.7 Å². The molecule has 156 valence electrons. The molecule has 5 heteroatoms. The van der Waals surface area contributed by atoms with Crippen molar-refractivity contribution >= 4 is 22.5 Å². The molecule has 3 aromatic carbocycles. The van der Waals surface area contributed by atoms with E-state index in [0.717, 1.165) is 27.6 Å². The summed E-state index contributed by atoms with van der Waals surface area (Å²) in [6, 6.07) is 22.6. The molecule has 0 atom stereocenters. The fraction of sp³-hybridized carbons (Fsp3) is 0.154. The van der Waals surface area contributed by atoms with Crippen molar-refractivity contribution in [1.29, 1.82) is 0 Å². The molecule has 5 nitrogen and oxygen atoms in total. The van der Waals surface area contributed by atoms with Crippen molar-refractivity contribution in [3.05, 3.63) is 89.7 Å². The Balaban J connectivity index is 1.48. The number of carbonyl (C=O) groups is 2. The summed E-state index contributed by atoms with van der Waals surface area (Å²) in [4.78, 5) is 25.9. The molecule has 0 fully saturated rings. The van der Waals surface area contributed by atoms with Crippen LogP contribution in [0.3, 0.4) is 0 Å². The number of ether oxygens (including phenoxy) is 1. The molecule has 0 spiro atoms. The van der Waals surface area contributed by atoms with E-state index in [2.05, 4.69) is 6.07 Å². The van der Waals surface area contributed by atoms with Crippen LogP contribution in [-0.4, -0.2) is 30.7 Å². The summed E-state index contributed by atoms with van der Waals surface area (Å²) in [6.45, 7) is 1.99. The molecule has 4 rings (SSSR count). The lowest BCUT2D eigenvalue weighted by Gasteiger charge is -2.16. The lowest BCUT2D eigenvalue weighted by atomic mass is 10.1. The van der Waals surface area contributed by atoms with Gasteiger partial charge in [-0.3, -0.25) is 9.59 Å². The Morgan fingerprint density at radius 2 is 1.61 bits per heavy atom. The van der Waals surface area contributed by atoms with Gasteiger partial charge in [0.25, 0.3) is 5.91 Å². The van der Waals surface area contributed by atoms with Crippen molar-refractivity contribution in [1.82, 2.24) is 4.90 Å². The zero-order valence-electron chi connectivity index (χ0n) is 17.7. The molecule has 0 bridgehead atoms. The average Bonchev–Trinajstić information content (AvgIpc) is 3.28. The molecule has 1 amide bonds. The molecule has 0 aliphatic carbocycles. The van der Waals surface area contributed by atoms with Gasteiger partial charge in [0.05, 0.1) is 7.11 Å². The van der Waals surface area contributed by atoms with E-state index in [4.69, 9.17) is 9.15 Å². The Bertz CT molecular complexity index is 1250. The van der Waals surface area contributed by atoms with E-state index in [1.807, 2.05) is 42.5 Å². The summed E-state index contributed by atoms with van der Waals surface area (Å²) in [7, 11) is 3.40. The Labute approximate surface area is 180 Å². The second-order valence-electron chi connectivity index (χ2n) is 7.51. The second-order valence-corrected chi connectivity index (χ2v) is 7.51. The largest absolute Gasteiger partial charge is 0.497 e. The van der Waals surface area contributed by atoms with E-state index in [1.165, 1.54) is 6.92 Å². The molecule has 31 heavy (non-hydrogen) atoms. The molecule has 0 N–H and O–H groups in total. The van der Waals surface area contributed by atoms with E-state index < -0.39 is 0 Å². The fourth-order valence-electron chi connectivity index (χ4n) is 3.51. The summed E-state index contributed by atoms with van der Waals surface area (Å²) in [5.74, 6) is 1.50.